The van der Waals surface area contributed by atoms with Crippen LogP contribution in [0, 0.1) is 5.82 Å². The number of halogens is 1. The number of hydrogen-bond acceptors (Lipinski definition) is 2. The molecule has 0 saturated carbocycles. The van der Waals surface area contributed by atoms with Gasteiger partial charge in [-0.2, -0.15) is 0 Å². The summed E-state index contributed by atoms with van der Waals surface area (Å²) in [6.07, 6.45) is 0. The van der Waals surface area contributed by atoms with Gasteiger partial charge in [0.1, 0.15) is 5.82 Å². The zero-order valence-corrected chi connectivity index (χ0v) is 10.1. The highest BCUT2D eigenvalue weighted by Crippen LogP contribution is 2.27. The molecule has 0 fully saturated rings. The van der Waals surface area contributed by atoms with Crippen molar-refractivity contribution in [2.24, 2.45) is 0 Å². The molecule has 1 aromatic carbocycles. The van der Waals surface area contributed by atoms with E-state index in [0.717, 1.165) is 0 Å². The first-order valence-electron chi connectivity index (χ1n) is 5.53. The SMILES string of the molecule is CC(=O)C1=C(C)NC(=O)N[C@@H]1c1ccc(F)cc1. The van der Waals surface area contributed by atoms with Crippen molar-refractivity contribution in [2.75, 3.05) is 0 Å². The molecular formula is C13H13FN2O2. The van der Waals surface area contributed by atoms with E-state index in [1.54, 1.807) is 19.1 Å². The Morgan fingerprint density at radius 2 is 1.89 bits per heavy atom. The topological polar surface area (TPSA) is 58.2 Å². The molecule has 2 N–H and O–H groups in total. The van der Waals surface area contributed by atoms with Gasteiger partial charge in [-0.05, 0) is 31.5 Å². The van der Waals surface area contributed by atoms with Crippen molar-refractivity contribution in [1.29, 1.82) is 0 Å². The van der Waals surface area contributed by atoms with E-state index in [0.29, 0.717) is 16.8 Å². The standard InChI is InChI=1S/C13H13FN2O2/c1-7-11(8(2)17)12(16-13(18)15-7)9-3-5-10(14)6-4-9/h3-6,12H,1-2H3,(H2,15,16,18)/t12-/m1/s1. The van der Waals surface area contributed by atoms with Crippen molar-refractivity contribution in [1.82, 2.24) is 10.6 Å². The Hall–Kier alpha value is -2.17. The molecule has 94 valence electrons. The summed E-state index contributed by atoms with van der Waals surface area (Å²) in [4.78, 5) is 23.1. The van der Waals surface area contributed by atoms with Gasteiger partial charge >= 0.3 is 6.03 Å². The summed E-state index contributed by atoms with van der Waals surface area (Å²) in [6.45, 7) is 3.11. The number of ketones is 1. The van der Waals surface area contributed by atoms with Gasteiger partial charge in [0.2, 0.25) is 0 Å². The molecule has 1 atom stereocenters. The molecular weight excluding hydrogens is 235 g/mol. The average molecular weight is 248 g/mol. The third-order valence-corrected chi connectivity index (χ3v) is 2.85. The van der Waals surface area contributed by atoms with Gasteiger partial charge in [0.25, 0.3) is 0 Å². The molecule has 18 heavy (non-hydrogen) atoms. The van der Waals surface area contributed by atoms with Crippen molar-refractivity contribution < 1.29 is 14.0 Å². The van der Waals surface area contributed by atoms with Gasteiger partial charge in [-0.3, -0.25) is 4.79 Å². The molecule has 1 aliphatic heterocycles. The van der Waals surface area contributed by atoms with Crippen LogP contribution in [0.15, 0.2) is 35.5 Å². The number of carbonyl (C=O) groups is 2. The summed E-state index contributed by atoms with van der Waals surface area (Å²) < 4.78 is 12.9. The number of Topliss-reactive ketones (excluding diaryl/α,β-unsaturated/α-hetero) is 1. The fraction of sp³-hybridized carbons (Fsp3) is 0.231. The molecule has 0 bridgehead atoms. The van der Waals surface area contributed by atoms with Crippen LogP contribution in [0.25, 0.3) is 0 Å². The van der Waals surface area contributed by atoms with Crippen LogP contribution in [-0.4, -0.2) is 11.8 Å². The minimum atomic E-state index is -0.531. The number of rotatable bonds is 2. The Morgan fingerprint density at radius 3 is 2.44 bits per heavy atom. The number of allylic oxidation sites excluding steroid dienone is 1. The predicted molar refractivity (Wildman–Crippen MR) is 64.2 cm³/mol. The molecule has 2 rings (SSSR count). The highest BCUT2D eigenvalue weighted by atomic mass is 19.1. The van der Waals surface area contributed by atoms with E-state index >= 15 is 0 Å². The van der Waals surface area contributed by atoms with Crippen molar-refractivity contribution in [3.8, 4) is 0 Å². The fourth-order valence-corrected chi connectivity index (χ4v) is 2.07. The molecule has 1 aromatic rings. The minimum absolute atomic E-state index is 0.130. The van der Waals surface area contributed by atoms with Crippen molar-refractivity contribution >= 4 is 11.8 Å². The lowest BCUT2D eigenvalue weighted by Crippen LogP contribution is -2.44. The number of nitrogens with one attached hydrogen (secondary N) is 2. The largest absolute Gasteiger partial charge is 0.327 e. The third kappa shape index (κ3) is 2.25. The maximum absolute atomic E-state index is 12.9. The van der Waals surface area contributed by atoms with E-state index in [-0.39, 0.29) is 17.6 Å². The first kappa shape index (κ1) is 12.3. The lowest BCUT2D eigenvalue weighted by atomic mass is 9.93. The lowest BCUT2D eigenvalue weighted by Gasteiger charge is -2.28. The van der Waals surface area contributed by atoms with Crippen molar-refractivity contribution in [3.05, 3.63) is 46.9 Å². The van der Waals surface area contributed by atoms with Crippen LogP contribution < -0.4 is 10.6 Å². The van der Waals surface area contributed by atoms with Crippen LogP contribution in [0.4, 0.5) is 9.18 Å². The van der Waals surface area contributed by atoms with E-state index in [4.69, 9.17) is 0 Å². The molecule has 0 unspecified atom stereocenters. The highest BCUT2D eigenvalue weighted by Gasteiger charge is 2.28. The van der Waals surface area contributed by atoms with Crippen LogP contribution in [0.5, 0.6) is 0 Å². The Bertz CT molecular complexity index is 534. The van der Waals surface area contributed by atoms with E-state index in [2.05, 4.69) is 10.6 Å². The van der Waals surface area contributed by atoms with Gasteiger partial charge in [-0.25, -0.2) is 9.18 Å². The van der Waals surface area contributed by atoms with E-state index in [1.165, 1.54) is 19.1 Å². The lowest BCUT2D eigenvalue weighted by molar-refractivity contribution is -0.114. The van der Waals surface area contributed by atoms with Crippen LogP contribution in [-0.2, 0) is 4.79 Å². The Balaban J connectivity index is 2.46. The van der Waals surface area contributed by atoms with Gasteiger partial charge in [0.05, 0.1) is 6.04 Å². The van der Waals surface area contributed by atoms with E-state index in [1.807, 2.05) is 0 Å². The smallest absolute Gasteiger partial charge is 0.319 e. The van der Waals surface area contributed by atoms with Crippen LogP contribution >= 0.6 is 0 Å². The van der Waals surface area contributed by atoms with Crippen LogP contribution in [0.1, 0.15) is 25.5 Å². The molecule has 4 nitrogen and oxygen atoms in total. The third-order valence-electron chi connectivity index (χ3n) is 2.85. The van der Waals surface area contributed by atoms with Gasteiger partial charge in [0, 0.05) is 11.3 Å². The number of carbonyl (C=O) groups excluding carboxylic acids is 2. The fourth-order valence-electron chi connectivity index (χ4n) is 2.07. The monoisotopic (exact) mass is 248 g/mol. The van der Waals surface area contributed by atoms with Gasteiger partial charge in [0.15, 0.2) is 5.78 Å². The molecule has 0 aromatic heterocycles. The Kier molecular flexibility index (Phi) is 3.14. The molecule has 5 heteroatoms. The molecule has 1 aliphatic rings. The zero-order chi connectivity index (χ0) is 13.3. The van der Waals surface area contributed by atoms with Crippen LogP contribution in [0.3, 0.4) is 0 Å². The number of amides is 2. The highest BCUT2D eigenvalue weighted by molar-refractivity contribution is 5.98. The number of hydrogen-bond donors (Lipinski definition) is 2. The van der Waals surface area contributed by atoms with E-state index < -0.39 is 6.04 Å². The van der Waals surface area contributed by atoms with Gasteiger partial charge in [-0.15, -0.1) is 0 Å². The van der Waals surface area contributed by atoms with Crippen molar-refractivity contribution in [2.45, 2.75) is 19.9 Å². The molecule has 0 aliphatic carbocycles. The first-order valence-corrected chi connectivity index (χ1v) is 5.53. The minimum Gasteiger partial charge on any atom is -0.327 e. The maximum Gasteiger partial charge on any atom is 0.319 e. The summed E-state index contributed by atoms with van der Waals surface area (Å²) >= 11 is 0. The van der Waals surface area contributed by atoms with E-state index in [9.17, 15) is 14.0 Å². The van der Waals surface area contributed by atoms with Gasteiger partial charge in [-0.1, -0.05) is 12.1 Å². The summed E-state index contributed by atoms with van der Waals surface area (Å²) in [5.41, 5.74) is 1.69. The van der Waals surface area contributed by atoms with Crippen molar-refractivity contribution in [3.63, 3.8) is 0 Å². The van der Waals surface area contributed by atoms with Gasteiger partial charge < -0.3 is 10.6 Å². The second-order valence-electron chi connectivity index (χ2n) is 4.18. The number of benzene rings is 1. The molecule has 1 heterocycles. The number of urea groups is 1. The first-order chi connectivity index (χ1) is 8.49. The Labute approximate surface area is 104 Å². The summed E-state index contributed by atoms with van der Waals surface area (Å²) in [7, 11) is 0. The summed E-state index contributed by atoms with van der Waals surface area (Å²) in [6, 6.07) is 4.82. The second kappa shape index (κ2) is 4.60. The molecule has 0 radical (unpaired) electrons. The summed E-state index contributed by atoms with van der Waals surface area (Å²) in [5, 5.41) is 5.22. The molecule has 0 spiro atoms. The average Bonchev–Trinajstić information content (AvgIpc) is 2.28. The quantitative estimate of drug-likeness (QED) is 0.841. The zero-order valence-electron chi connectivity index (χ0n) is 10.1. The normalized spacial score (nSPS) is 19.3. The Morgan fingerprint density at radius 1 is 1.28 bits per heavy atom. The maximum atomic E-state index is 12.9. The second-order valence-corrected chi connectivity index (χ2v) is 4.18. The molecule has 2 amide bonds. The van der Waals surface area contributed by atoms with Crippen LogP contribution in [0.2, 0.25) is 0 Å². The summed E-state index contributed by atoms with van der Waals surface area (Å²) in [5.74, 6) is -0.488. The molecule has 0 saturated heterocycles. The predicted octanol–water partition coefficient (Wildman–Crippen LogP) is 2.04.